The molecule has 3 aliphatic heterocycles. The third-order valence-electron chi connectivity index (χ3n) is 4.88. The molecule has 1 aliphatic carbocycles. The Hall–Kier alpha value is -1.62. The second-order valence-corrected chi connectivity index (χ2v) is 6.33. The van der Waals surface area contributed by atoms with Gasteiger partial charge in [0.2, 0.25) is 5.91 Å². The van der Waals surface area contributed by atoms with Crippen molar-refractivity contribution in [3.63, 3.8) is 0 Å². The summed E-state index contributed by atoms with van der Waals surface area (Å²) in [6.45, 7) is 3.58. The molecule has 4 aliphatic rings. The zero-order valence-corrected chi connectivity index (χ0v) is 11.5. The van der Waals surface area contributed by atoms with E-state index in [0.717, 1.165) is 24.7 Å². The molecule has 21 heavy (non-hydrogen) atoms. The highest BCUT2D eigenvalue weighted by molar-refractivity contribution is 5.99. The van der Waals surface area contributed by atoms with Crippen molar-refractivity contribution in [3.05, 3.63) is 36.2 Å². The molecule has 1 N–H and O–H groups in total. The lowest BCUT2D eigenvalue weighted by Gasteiger charge is -2.53. The highest BCUT2D eigenvalue weighted by Crippen LogP contribution is 2.46. The molecule has 0 aromatic carbocycles. The summed E-state index contributed by atoms with van der Waals surface area (Å²) in [5.74, 6) is 2.09. The van der Waals surface area contributed by atoms with Crippen molar-refractivity contribution < 1.29 is 4.79 Å². The smallest absolute Gasteiger partial charge is 0.248 e. The summed E-state index contributed by atoms with van der Waals surface area (Å²) >= 11 is 0. The van der Waals surface area contributed by atoms with Gasteiger partial charge >= 0.3 is 0 Å². The number of aromatic nitrogens is 1. The molecule has 1 aromatic rings. The lowest BCUT2D eigenvalue weighted by Crippen LogP contribution is -2.54. The topological polar surface area (TPSA) is 45.2 Å². The molecule has 5 heteroatoms. The van der Waals surface area contributed by atoms with Crippen LogP contribution in [-0.2, 0) is 4.79 Å². The van der Waals surface area contributed by atoms with E-state index in [2.05, 4.69) is 15.2 Å². The van der Waals surface area contributed by atoms with Crippen molar-refractivity contribution in [2.75, 3.05) is 25.0 Å². The van der Waals surface area contributed by atoms with Gasteiger partial charge in [0.25, 0.3) is 0 Å². The van der Waals surface area contributed by atoms with Crippen molar-refractivity contribution in [1.82, 2.24) is 9.88 Å². The number of rotatable bonds is 2. The van der Waals surface area contributed by atoms with Crippen LogP contribution in [-0.4, -0.2) is 43.8 Å². The lowest BCUT2D eigenvalue weighted by atomic mass is 9.65. The Balaban J connectivity index is 0.00000132. The van der Waals surface area contributed by atoms with Gasteiger partial charge in [-0.05, 0) is 42.7 Å². The first-order chi connectivity index (χ1) is 9.78. The molecule has 0 radical (unpaired) electrons. The monoisotopic (exact) mass is 283 g/mol. The second-order valence-electron chi connectivity index (χ2n) is 6.33. The SMILES string of the molecule is B.O=C(C=C1C2CC3CC1CN(C3)C2)Nc1cccnc1. The highest BCUT2D eigenvalue weighted by Gasteiger charge is 2.44. The number of carbonyl (C=O) groups excluding carboxylic acids is 1. The van der Waals surface area contributed by atoms with Crippen molar-refractivity contribution >= 4 is 20.0 Å². The summed E-state index contributed by atoms with van der Waals surface area (Å²) in [4.78, 5) is 18.8. The summed E-state index contributed by atoms with van der Waals surface area (Å²) in [7, 11) is 0. The van der Waals surface area contributed by atoms with Gasteiger partial charge < -0.3 is 10.2 Å². The van der Waals surface area contributed by atoms with E-state index < -0.39 is 0 Å². The quantitative estimate of drug-likeness (QED) is 0.643. The van der Waals surface area contributed by atoms with E-state index in [1.807, 2.05) is 18.2 Å². The molecular formula is C16H22BN3O. The molecule has 3 saturated heterocycles. The number of anilines is 1. The predicted octanol–water partition coefficient (Wildman–Crippen LogP) is 0.734. The van der Waals surface area contributed by atoms with Crippen LogP contribution in [0, 0.1) is 17.8 Å². The first kappa shape index (κ1) is 14.3. The Labute approximate surface area is 127 Å². The fraction of sp³-hybridized carbons (Fsp3) is 0.500. The van der Waals surface area contributed by atoms with Crippen molar-refractivity contribution in [2.24, 2.45) is 17.8 Å². The van der Waals surface area contributed by atoms with Gasteiger partial charge in [-0.1, -0.05) is 5.57 Å². The van der Waals surface area contributed by atoms with Crippen LogP contribution in [0.15, 0.2) is 36.2 Å². The average Bonchev–Trinajstić information content (AvgIpc) is 2.43. The standard InChI is InChI=1S/C16H19N3O.BH3/c20-16(18-14-2-1-3-17-7-14)6-15-12-4-11-5-13(15)10-19(8-11)9-12;/h1-3,6-7,11-13H,4-5,8-10H2,(H,18,20);1H3. The van der Waals surface area contributed by atoms with Crippen molar-refractivity contribution in [2.45, 2.75) is 12.8 Å². The third-order valence-corrected chi connectivity index (χ3v) is 4.88. The maximum absolute atomic E-state index is 12.2. The van der Waals surface area contributed by atoms with Crippen LogP contribution in [0.1, 0.15) is 12.8 Å². The summed E-state index contributed by atoms with van der Waals surface area (Å²) in [5, 5.41) is 2.91. The van der Waals surface area contributed by atoms with Crippen LogP contribution in [0.2, 0.25) is 0 Å². The maximum Gasteiger partial charge on any atom is 0.248 e. The number of hydrogen-bond acceptors (Lipinski definition) is 3. The van der Waals surface area contributed by atoms with Gasteiger partial charge in [0.15, 0.2) is 0 Å². The Bertz CT molecular complexity index is 528. The van der Waals surface area contributed by atoms with Gasteiger partial charge in [-0.3, -0.25) is 9.78 Å². The van der Waals surface area contributed by atoms with Gasteiger partial charge in [0.05, 0.1) is 20.3 Å². The molecule has 5 rings (SSSR count). The lowest BCUT2D eigenvalue weighted by molar-refractivity contribution is -0.112. The highest BCUT2D eigenvalue weighted by atomic mass is 16.1. The molecule has 4 nitrogen and oxygen atoms in total. The number of amides is 1. The van der Waals surface area contributed by atoms with E-state index in [1.54, 1.807) is 12.4 Å². The third kappa shape index (κ3) is 2.75. The largest absolute Gasteiger partial charge is 0.321 e. The van der Waals surface area contributed by atoms with Crippen LogP contribution < -0.4 is 5.32 Å². The number of hydrogen-bond donors (Lipinski definition) is 1. The van der Waals surface area contributed by atoms with Crippen LogP contribution in [0.4, 0.5) is 5.69 Å². The molecule has 0 spiro atoms. The molecule has 1 aromatic heterocycles. The van der Waals surface area contributed by atoms with Gasteiger partial charge in [-0.15, -0.1) is 0 Å². The first-order valence-electron chi connectivity index (χ1n) is 7.43. The van der Waals surface area contributed by atoms with Gasteiger partial charge in [-0.25, -0.2) is 0 Å². The Kier molecular flexibility index (Phi) is 3.85. The first-order valence-corrected chi connectivity index (χ1v) is 7.43. The van der Waals surface area contributed by atoms with Crippen LogP contribution in [0.3, 0.4) is 0 Å². The minimum atomic E-state index is -0.00419. The van der Waals surface area contributed by atoms with Crippen LogP contribution in [0.5, 0.6) is 0 Å². The normalized spacial score (nSPS) is 32.5. The molecule has 2 unspecified atom stereocenters. The Morgan fingerprint density at radius 1 is 1.29 bits per heavy atom. The van der Waals surface area contributed by atoms with Crippen LogP contribution in [0.25, 0.3) is 0 Å². The number of nitrogens with zero attached hydrogens (tertiary/aromatic N) is 2. The van der Waals surface area contributed by atoms with Gasteiger partial charge in [-0.2, -0.15) is 0 Å². The van der Waals surface area contributed by atoms with Crippen molar-refractivity contribution in [1.29, 1.82) is 0 Å². The van der Waals surface area contributed by atoms with Crippen LogP contribution >= 0.6 is 0 Å². The number of carbonyl (C=O) groups is 1. The minimum absolute atomic E-state index is 0. The summed E-state index contributed by atoms with van der Waals surface area (Å²) in [5.41, 5.74) is 2.15. The summed E-state index contributed by atoms with van der Waals surface area (Å²) < 4.78 is 0. The average molecular weight is 283 g/mol. The molecule has 1 saturated carbocycles. The zero-order valence-electron chi connectivity index (χ0n) is 11.5. The molecule has 4 fully saturated rings. The zero-order chi connectivity index (χ0) is 13.5. The van der Waals surface area contributed by atoms with Gasteiger partial charge in [0, 0.05) is 31.9 Å². The van der Waals surface area contributed by atoms with Crippen molar-refractivity contribution in [3.8, 4) is 0 Å². The van der Waals surface area contributed by atoms with E-state index in [-0.39, 0.29) is 14.3 Å². The van der Waals surface area contributed by atoms with E-state index >= 15 is 0 Å². The molecule has 4 heterocycles. The number of nitrogens with one attached hydrogen (secondary N) is 1. The molecule has 110 valence electrons. The number of pyridine rings is 1. The van der Waals surface area contributed by atoms with E-state index in [1.165, 1.54) is 25.0 Å². The van der Waals surface area contributed by atoms with E-state index in [0.29, 0.717) is 11.8 Å². The van der Waals surface area contributed by atoms with Gasteiger partial charge in [0.1, 0.15) is 0 Å². The molecular weight excluding hydrogens is 261 g/mol. The fourth-order valence-corrected chi connectivity index (χ4v) is 4.23. The minimum Gasteiger partial charge on any atom is -0.321 e. The fourth-order valence-electron chi connectivity index (χ4n) is 4.23. The summed E-state index contributed by atoms with van der Waals surface area (Å²) in [6.07, 6.45) is 7.80. The molecule has 2 atom stereocenters. The second kappa shape index (κ2) is 5.64. The summed E-state index contributed by atoms with van der Waals surface area (Å²) in [6, 6.07) is 3.70. The maximum atomic E-state index is 12.2. The Morgan fingerprint density at radius 3 is 2.67 bits per heavy atom. The molecule has 4 bridgehead atoms. The van der Waals surface area contributed by atoms with E-state index in [4.69, 9.17) is 0 Å². The number of piperidine rings is 3. The predicted molar refractivity (Wildman–Crippen MR) is 87.0 cm³/mol. The molecule has 1 amide bonds. The Morgan fingerprint density at radius 2 is 2.05 bits per heavy atom. The van der Waals surface area contributed by atoms with E-state index in [9.17, 15) is 4.79 Å².